The molecule has 0 aliphatic carbocycles. The molecule has 1 fully saturated rings. The second-order valence-electron chi connectivity index (χ2n) is 4.41. The summed E-state index contributed by atoms with van der Waals surface area (Å²) in [5, 5.41) is 3.29. The molecule has 2 rings (SSSR count). The van der Waals surface area contributed by atoms with E-state index < -0.39 is 15.8 Å². The topological polar surface area (TPSA) is 58.2 Å². The van der Waals surface area contributed by atoms with Gasteiger partial charge in [0.2, 0.25) is 10.0 Å². The average molecular weight is 272 g/mol. The van der Waals surface area contributed by atoms with Gasteiger partial charge in [0.1, 0.15) is 10.7 Å². The lowest BCUT2D eigenvalue weighted by atomic mass is 10.2. The molecule has 0 aromatic heterocycles. The molecular formula is C12H17FN2O2S. The smallest absolute Gasteiger partial charge is 0.243 e. The molecule has 0 saturated carbocycles. The lowest BCUT2D eigenvalue weighted by Crippen LogP contribution is -2.31. The molecular weight excluding hydrogens is 255 g/mol. The lowest BCUT2D eigenvalue weighted by molar-refractivity contribution is 0.532. The van der Waals surface area contributed by atoms with Crippen LogP contribution >= 0.6 is 0 Å². The highest BCUT2D eigenvalue weighted by molar-refractivity contribution is 7.89. The Kier molecular flexibility index (Phi) is 4.31. The molecule has 0 radical (unpaired) electrons. The van der Waals surface area contributed by atoms with Crippen LogP contribution in [-0.4, -0.2) is 27.5 Å². The average Bonchev–Trinajstić information content (AvgIpc) is 2.82. The molecule has 1 atom stereocenters. The first-order valence-electron chi connectivity index (χ1n) is 6.07. The van der Waals surface area contributed by atoms with E-state index in [-0.39, 0.29) is 4.90 Å². The molecule has 100 valence electrons. The minimum absolute atomic E-state index is 0.288. The van der Waals surface area contributed by atoms with E-state index in [0.717, 1.165) is 31.9 Å². The van der Waals surface area contributed by atoms with Crippen LogP contribution < -0.4 is 10.0 Å². The van der Waals surface area contributed by atoms with E-state index in [0.29, 0.717) is 12.6 Å². The SMILES string of the molecule is O=S(=O)(NCCC1CCCN1)c1ccccc1F. The second-order valence-corrected chi connectivity index (χ2v) is 6.15. The van der Waals surface area contributed by atoms with Crippen molar-refractivity contribution in [2.75, 3.05) is 13.1 Å². The van der Waals surface area contributed by atoms with E-state index in [2.05, 4.69) is 10.0 Å². The zero-order valence-electron chi connectivity index (χ0n) is 10.0. The summed E-state index contributed by atoms with van der Waals surface area (Å²) in [4.78, 5) is -0.288. The number of halogens is 1. The highest BCUT2D eigenvalue weighted by atomic mass is 32.2. The van der Waals surface area contributed by atoms with Gasteiger partial charge in [-0.15, -0.1) is 0 Å². The van der Waals surface area contributed by atoms with Crippen molar-refractivity contribution in [3.63, 3.8) is 0 Å². The molecule has 6 heteroatoms. The first-order valence-corrected chi connectivity index (χ1v) is 7.55. The van der Waals surface area contributed by atoms with Gasteiger partial charge in [-0.1, -0.05) is 12.1 Å². The molecule has 1 saturated heterocycles. The fourth-order valence-electron chi connectivity index (χ4n) is 2.11. The molecule has 18 heavy (non-hydrogen) atoms. The van der Waals surface area contributed by atoms with Crippen LogP contribution in [0, 0.1) is 5.82 Å². The fraction of sp³-hybridized carbons (Fsp3) is 0.500. The van der Waals surface area contributed by atoms with Crippen LogP contribution in [0.15, 0.2) is 29.2 Å². The number of sulfonamides is 1. The number of benzene rings is 1. The normalized spacial score (nSPS) is 20.2. The van der Waals surface area contributed by atoms with E-state index in [1.807, 2.05) is 0 Å². The predicted molar refractivity (Wildman–Crippen MR) is 67.2 cm³/mol. The Hall–Kier alpha value is -0.980. The van der Waals surface area contributed by atoms with Gasteiger partial charge >= 0.3 is 0 Å². The number of nitrogens with one attached hydrogen (secondary N) is 2. The summed E-state index contributed by atoms with van der Waals surface area (Å²) < 4.78 is 39.5. The third-order valence-corrected chi connectivity index (χ3v) is 4.57. The summed E-state index contributed by atoms with van der Waals surface area (Å²) >= 11 is 0. The summed E-state index contributed by atoms with van der Waals surface area (Å²) in [7, 11) is -3.74. The van der Waals surface area contributed by atoms with Gasteiger partial charge in [0.25, 0.3) is 0 Å². The quantitative estimate of drug-likeness (QED) is 0.848. The highest BCUT2D eigenvalue weighted by Crippen LogP contribution is 2.13. The van der Waals surface area contributed by atoms with E-state index in [9.17, 15) is 12.8 Å². The molecule has 1 aliphatic rings. The van der Waals surface area contributed by atoms with Gasteiger partial charge < -0.3 is 5.32 Å². The Bertz CT molecular complexity index is 499. The van der Waals surface area contributed by atoms with Gasteiger partial charge in [0, 0.05) is 12.6 Å². The van der Waals surface area contributed by atoms with Gasteiger partial charge in [0.05, 0.1) is 0 Å². The van der Waals surface area contributed by atoms with Gasteiger partial charge in [-0.2, -0.15) is 0 Å². The number of rotatable bonds is 5. The van der Waals surface area contributed by atoms with Crippen molar-refractivity contribution in [1.29, 1.82) is 0 Å². The van der Waals surface area contributed by atoms with Crippen molar-refractivity contribution in [3.8, 4) is 0 Å². The van der Waals surface area contributed by atoms with E-state index in [4.69, 9.17) is 0 Å². The van der Waals surface area contributed by atoms with Gasteiger partial charge in [-0.05, 0) is 37.9 Å². The van der Waals surface area contributed by atoms with Crippen molar-refractivity contribution in [1.82, 2.24) is 10.0 Å². The Labute approximate surface area is 107 Å². The maximum Gasteiger partial charge on any atom is 0.243 e. The second kappa shape index (κ2) is 5.77. The Morgan fingerprint density at radius 1 is 1.39 bits per heavy atom. The summed E-state index contributed by atoms with van der Waals surface area (Å²) in [6.45, 7) is 1.32. The zero-order valence-corrected chi connectivity index (χ0v) is 10.8. The van der Waals surface area contributed by atoms with E-state index in [1.165, 1.54) is 18.2 Å². The van der Waals surface area contributed by atoms with Crippen LogP contribution in [0.4, 0.5) is 4.39 Å². The summed E-state index contributed by atoms with van der Waals surface area (Å²) in [5.41, 5.74) is 0. The Balaban J connectivity index is 1.93. The van der Waals surface area contributed by atoms with Gasteiger partial charge in [-0.3, -0.25) is 0 Å². The van der Waals surface area contributed by atoms with E-state index >= 15 is 0 Å². The molecule has 1 aromatic carbocycles. The third-order valence-electron chi connectivity index (χ3n) is 3.07. The minimum Gasteiger partial charge on any atom is -0.314 e. The third kappa shape index (κ3) is 3.28. The van der Waals surface area contributed by atoms with Crippen LogP contribution in [0.1, 0.15) is 19.3 Å². The molecule has 0 bridgehead atoms. The lowest BCUT2D eigenvalue weighted by Gasteiger charge is -2.11. The molecule has 4 nitrogen and oxygen atoms in total. The van der Waals surface area contributed by atoms with Crippen LogP contribution in [0.3, 0.4) is 0 Å². The van der Waals surface area contributed by atoms with Gasteiger partial charge in [0.15, 0.2) is 0 Å². The van der Waals surface area contributed by atoms with E-state index in [1.54, 1.807) is 0 Å². The molecule has 0 spiro atoms. The highest BCUT2D eigenvalue weighted by Gasteiger charge is 2.19. The van der Waals surface area contributed by atoms with Crippen LogP contribution in [0.2, 0.25) is 0 Å². The predicted octanol–water partition coefficient (Wildman–Crippen LogP) is 1.25. The maximum absolute atomic E-state index is 13.4. The van der Waals surface area contributed by atoms with Gasteiger partial charge in [-0.25, -0.2) is 17.5 Å². The summed E-state index contributed by atoms with van der Waals surface area (Å²) in [5.74, 6) is -0.719. The van der Waals surface area contributed by atoms with Crippen molar-refractivity contribution in [3.05, 3.63) is 30.1 Å². The van der Waals surface area contributed by atoms with Crippen LogP contribution in [-0.2, 0) is 10.0 Å². The molecule has 1 aromatic rings. The monoisotopic (exact) mass is 272 g/mol. The maximum atomic E-state index is 13.4. The summed E-state index contributed by atoms with van der Waals surface area (Å²) in [6.07, 6.45) is 2.93. The summed E-state index contributed by atoms with van der Waals surface area (Å²) in [6, 6.07) is 5.76. The molecule has 1 heterocycles. The zero-order chi connectivity index (χ0) is 13.0. The Morgan fingerprint density at radius 2 is 2.17 bits per heavy atom. The Morgan fingerprint density at radius 3 is 2.83 bits per heavy atom. The largest absolute Gasteiger partial charge is 0.314 e. The first-order chi connectivity index (χ1) is 8.59. The van der Waals surface area contributed by atoms with Crippen molar-refractivity contribution >= 4 is 10.0 Å². The fourth-order valence-corrected chi connectivity index (χ4v) is 3.24. The molecule has 1 unspecified atom stereocenters. The van der Waals surface area contributed by atoms with Crippen molar-refractivity contribution < 1.29 is 12.8 Å². The number of hydrogen-bond acceptors (Lipinski definition) is 3. The standard InChI is InChI=1S/C12H17FN2O2S/c13-11-5-1-2-6-12(11)18(16,17)15-9-7-10-4-3-8-14-10/h1-2,5-6,10,14-15H,3-4,7-9H2. The minimum atomic E-state index is -3.74. The number of hydrogen-bond donors (Lipinski definition) is 2. The van der Waals surface area contributed by atoms with Crippen LogP contribution in [0.25, 0.3) is 0 Å². The first kappa shape index (κ1) is 13.5. The van der Waals surface area contributed by atoms with Crippen molar-refractivity contribution in [2.45, 2.75) is 30.2 Å². The molecule has 0 amide bonds. The van der Waals surface area contributed by atoms with Crippen LogP contribution in [0.5, 0.6) is 0 Å². The van der Waals surface area contributed by atoms with Crippen molar-refractivity contribution in [2.24, 2.45) is 0 Å². The molecule has 1 aliphatic heterocycles. The molecule has 2 N–H and O–H groups in total.